The molecule has 19 nitrogen and oxygen atoms in total. The topological polar surface area (TPSA) is 307 Å². The number of unbranched alkanes of at least 4 members (excludes halogenated alkanes) is 37. The maximum atomic E-state index is 13.4. The van der Waals surface area contributed by atoms with Gasteiger partial charge in [-0.2, -0.15) is 0 Å². The summed E-state index contributed by atoms with van der Waals surface area (Å²) in [6.45, 7) is 1.73. The normalized spacial score (nSPS) is 28.0. The highest BCUT2D eigenvalue weighted by Gasteiger charge is 2.53. The van der Waals surface area contributed by atoms with E-state index in [1.807, 2.05) is 6.08 Å². The molecule has 12 N–H and O–H groups in total. The quantitative estimate of drug-likeness (QED) is 0.0199. The molecule has 0 aromatic heterocycles. The molecule has 0 aromatic rings. The Labute approximate surface area is 549 Å². The minimum Gasteiger partial charge on any atom is -0.394 e. The Morgan fingerprint density at radius 3 is 1.12 bits per heavy atom. The largest absolute Gasteiger partial charge is 0.394 e. The van der Waals surface area contributed by atoms with Gasteiger partial charge < -0.3 is 89.9 Å². The molecule has 0 radical (unpaired) electrons. The lowest BCUT2D eigenvalue weighted by atomic mass is 9.96. The Kier molecular flexibility index (Phi) is 49.5. The first-order chi connectivity index (χ1) is 44.3. The van der Waals surface area contributed by atoms with Crippen molar-refractivity contribution < 1.29 is 89.4 Å². The number of aliphatic hydroxyl groups excluding tert-OH is 11. The molecular weight excluding hydrogens is 1170 g/mol. The van der Waals surface area contributed by atoms with Gasteiger partial charge in [0, 0.05) is 6.42 Å². The second-order valence-corrected chi connectivity index (χ2v) is 26.4. The summed E-state index contributed by atoms with van der Waals surface area (Å²) in [7, 11) is 0. The van der Waals surface area contributed by atoms with Crippen LogP contribution in [0.1, 0.15) is 284 Å². The smallest absolute Gasteiger partial charge is 0.220 e. The Morgan fingerprint density at radius 1 is 0.396 bits per heavy atom. The molecule has 1 amide bonds. The van der Waals surface area contributed by atoms with Crippen molar-refractivity contribution in [3.05, 3.63) is 36.5 Å². The molecule has 17 atom stereocenters. The molecule has 91 heavy (non-hydrogen) atoms. The summed E-state index contributed by atoms with van der Waals surface area (Å²) < 4.78 is 34.3. The van der Waals surface area contributed by atoms with Crippen LogP contribution in [0.5, 0.6) is 0 Å². The van der Waals surface area contributed by atoms with Crippen LogP contribution in [0.3, 0.4) is 0 Å². The number of aliphatic hydroxyl groups is 11. The molecule has 17 unspecified atom stereocenters. The van der Waals surface area contributed by atoms with Crippen LogP contribution in [0.2, 0.25) is 0 Å². The first-order valence-electron chi connectivity index (χ1n) is 36.7. The van der Waals surface area contributed by atoms with Gasteiger partial charge in [0.1, 0.15) is 73.2 Å². The zero-order valence-corrected chi connectivity index (χ0v) is 56.6. The molecule has 3 heterocycles. The second-order valence-electron chi connectivity index (χ2n) is 26.4. The minimum absolute atomic E-state index is 0.247. The van der Waals surface area contributed by atoms with Crippen molar-refractivity contribution in [2.24, 2.45) is 0 Å². The molecule has 0 spiro atoms. The predicted octanol–water partition coefficient (Wildman–Crippen LogP) is 10.4. The average Bonchev–Trinajstić information content (AvgIpc) is 0.871. The van der Waals surface area contributed by atoms with Crippen molar-refractivity contribution in [3.63, 3.8) is 0 Å². The van der Waals surface area contributed by atoms with Crippen LogP contribution in [0.15, 0.2) is 36.5 Å². The van der Waals surface area contributed by atoms with Gasteiger partial charge in [0.2, 0.25) is 5.91 Å². The lowest BCUT2D eigenvalue weighted by molar-refractivity contribution is -0.379. The van der Waals surface area contributed by atoms with Crippen molar-refractivity contribution in [2.75, 3.05) is 26.4 Å². The number of hydrogen-bond donors (Lipinski definition) is 12. The van der Waals surface area contributed by atoms with Crippen molar-refractivity contribution in [1.29, 1.82) is 0 Å². The fourth-order valence-electron chi connectivity index (χ4n) is 12.5. The molecule has 0 saturated carbocycles. The van der Waals surface area contributed by atoms with E-state index >= 15 is 0 Å². The summed E-state index contributed by atoms with van der Waals surface area (Å²) in [6, 6.07) is -0.970. The SMILES string of the molecule is CCCCCCC/C=C\C/C=C\CCCCCCCCCCCCCCCCCCCCCCCC(=O)NC(COC1OC(CO)C(OC2OC(CO)C(OC3OC(CO)C(O)C(O)C3O)C(O)C2O)C(O)C1O)C(O)/C=C/CCCCCCCCCCCCC. The number of allylic oxidation sites excluding steroid dienone is 5. The number of carbonyl (C=O) groups is 1. The van der Waals surface area contributed by atoms with Crippen LogP contribution >= 0.6 is 0 Å². The number of rotatable bonds is 57. The summed E-state index contributed by atoms with van der Waals surface area (Å²) >= 11 is 0. The molecule has 3 fully saturated rings. The summed E-state index contributed by atoms with van der Waals surface area (Å²) in [5.74, 6) is -0.272. The third kappa shape index (κ3) is 35.7. The lowest BCUT2D eigenvalue weighted by Crippen LogP contribution is -2.66. The van der Waals surface area contributed by atoms with Gasteiger partial charge in [0.25, 0.3) is 0 Å². The highest BCUT2D eigenvalue weighted by atomic mass is 16.8. The maximum absolute atomic E-state index is 13.4. The van der Waals surface area contributed by atoms with E-state index in [2.05, 4.69) is 43.5 Å². The highest BCUT2D eigenvalue weighted by molar-refractivity contribution is 5.76. The van der Waals surface area contributed by atoms with Gasteiger partial charge in [-0.15, -0.1) is 0 Å². The monoisotopic (exact) mass is 1300 g/mol. The highest BCUT2D eigenvalue weighted by Crippen LogP contribution is 2.33. The molecule has 534 valence electrons. The third-order valence-corrected chi connectivity index (χ3v) is 18.4. The predicted molar refractivity (Wildman–Crippen MR) is 356 cm³/mol. The van der Waals surface area contributed by atoms with Crippen LogP contribution in [0.25, 0.3) is 0 Å². The lowest BCUT2D eigenvalue weighted by Gasteiger charge is -2.48. The molecule has 3 aliphatic heterocycles. The van der Waals surface area contributed by atoms with E-state index in [1.54, 1.807) is 6.08 Å². The van der Waals surface area contributed by atoms with Crippen molar-refractivity contribution >= 4 is 5.91 Å². The van der Waals surface area contributed by atoms with Gasteiger partial charge in [-0.25, -0.2) is 0 Å². The molecule has 0 aromatic carbocycles. The number of nitrogens with one attached hydrogen (secondary N) is 1. The van der Waals surface area contributed by atoms with Gasteiger partial charge >= 0.3 is 0 Å². The average molecular weight is 1300 g/mol. The molecular formula is C72H133NO18. The zero-order chi connectivity index (χ0) is 66.1. The first kappa shape index (κ1) is 83.2. The van der Waals surface area contributed by atoms with Gasteiger partial charge in [-0.05, 0) is 51.4 Å². The number of hydrogen-bond acceptors (Lipinski definition) is 18. The minimum atomic E-state index is -1.98. The first-order valence-corrected chi connectivity index (χ1v) is 36.7. The van der Waals surface area contributed by atoms with Gasteiger partial charge in [0.05, 0.1) is 38.6 Å². The summed E-state index contributed by atoms with van der Waals surface area (Å²) in [5.41, 5.74) is 0. The summed E-state index contributed by atoms with van der Waals surface area (Å²) in [5, 5.41) is 120. The standard InChI is InChI=1S/C72H133NO18/c1-3-5-7-9-11-13-15-17-18-19-20-21-22-23-24-25-26-27-28-29-30-31-32-33-34-35-36-38-40-42-44-46-48-50-60(78)73-55(56(77)49-47-45-43-41-39-37-16-14-12-10-8-6-4-2)54-86-70-66(84)63(81)68(58(52-75)88-70)91-72-67(85)64(82)69(59(53-76)89-72)90-71-65(83)62(80)61(79)57(51-74)87-71/h15,17,19-20,47,49,55-59,61-72,74-77,79-85H,3-14,16,18,21-46,48,50-54H2,1-2H3,(H,73,78)/b17-15-,20-19-,49-47+. The van der Waals surface area contributed by atoms with E-state index in [1.165, 1.54) is 205 Å². The van der Waals surface area contributed by atoms with Gasteiger partial charge in [-0.3, -0.25) is 4.79 Å². The molecule has 3 rings (SSSR count). The van der Waals surface area contributed by atoms with E-state index in [4.69, 9.17) is 28.4 Å². The van der Waals surface area contributed by atoms with Crippen LogP contribution in [0.4, 0.5) is 0 Å². The number of carbonyl (C=O) groups excluding carboxylic acids is 1. The van der Waals surface area contributed by atoms with E-state index in [0.717, 1.165) is 51.4 Å². The zero-order valence-electron chi connectivity index (χ0n) is 56.6. The molecule has 3 aliphatic rings. The third-order valence-electron chi connectivity index (χ3n) is 18.4. The molecule has 0 bridgehead atoms. The Hall–Kier alpha value is -1.99. The van der Waals surface area contributed by atoms with E-state index in [9.17, 15) is 61.0 Å². The molecule has 19 heteroatoms. The van der Waals surface area contributed by atoms with Gasteiger partial charge in [0.15, 0.2) is 18.9 Å². The van der Waals surface area contributed by atoms with Crippen LogP contribution < -0.4 is 5.32 Å². The Morgan fingerprint density at radius 2 is 0.725 bits per heavy atom. The fourth-order valence-corrected chi connectivity index (χ4v) is 12.5. The Bertz CT molecular complexity index is 1790. The maximum Gasteiger partial charge on any atom is 0.220 e. The van der Waals surface area contributed by atoms with Crippen molar-refractivity contribution in [3.8, 4) is 0 Å². The van der Waals surface area contributed by atoms with Crippen molar-refractivity contribution in [2.45, 2.75) is 388 Å². The van der Waals surface area contributed by atoms with E-state index in [0.29, 0.717) is 6.42 Å². The van der Waals surface area contributed by atoms with E-state index in [-0.39, 0.29) is 18.9 Å². The number of ether oxygens (including phenoxy) is 6. The summed E-state index contributed by atoms with van der Waals surface area (Å²) in [4.78, 5) is 13.4. The number of amides is 1. The van der Waals surface area contributed by atoms with Crippen LogP contribution in [0, 0.1) is 0 Å². The van der Waals surface area contributed by atoms with Crippen LogP contribution in [-0.2, 0) is 33.2 Å². The van der Waals surface area contributed by atoms with Crippen molar-refractivity contribution in [1.82, 2.24) is 5.32 Å². The van der Waals surface area contributed by atoms with Crippen LogP contribution in [-0.4, -0.2) is 193 Å². The molecule has 0 aliphatic carbocycles. The fraction of sp³-hybridized carbons (Fsp3) is 0.903. The van der Waals surface area contributed by atoms with E-state index < -0.39 is 124 Å². The van der Waals surface area contributed by atoms with Gasteiger partial charge in [-0.1, -0.05) is 262 Å². The second kappa shape index (κ2) is 54.1. The Balaban J connectivity index is 1.34. The summed E-state index contributed by atoms with van der Waals surface area (Å²) in [6.07, 6.45) is 37.2. The molecule has 3 saturated heterocycles.